The first-order valence-electron chi connectivity index (χ1n) is 8.72. The molecule has 28 heavy (non-hydrogen) atoms. The van der Waals surface area contributed by atoms with Gasteiger partial charge >= 0.3 is 5.69 Å². The van der Waals surface area contributed by atoms with Crippen LogP contribution in [0.5, 0.6) is 0 Å². The van der Waals surface area contributed by atoms with E-state index in [2.05, 4.69) is 6.07 Å². The van der Waals surface area contributed by atoms with E-state index in [9.17, 15) is 14.8 Å². The summed E-state index contributed by atoms with van der Waals surface area (Å²) in [6.45, 7) is 3.63. The molecule has 1 heterocycles. The summed E-state index contributed by atoms with van der Waals surface area (Å²) in [4.78, 5) is 24.7. The molecule has 7 heteroatoms. The SMILES string of the molecule is CCOCn1c(-c2cccc(-c3ccc(C#N)cc3)c2)c(C)c(=O)n(O)c1=O. The van der Waals surface area contributed by atoms with Gasteiger partial charge in [0.05, 0.1) is 17.3 Å². The van der Waals surface area contributed by atoms with Crippen LogP contribution in [-0.4, -0.2) is 21.1 Å². The lowest BCUT2D eigenvalue weighted by molar-refractivity contribution is 0.0736. The predicted octanol–water partition coefficient (Wildman–Crippen LogP) is 2.76. The maximum absolute atomic E-state index is 12.4. The number of rotatable bonds is 5. The van der Waals surface area contributed by atoms with Crippen LogP contribution in [0.1, 0.15) is 18.1 Å². The van der Waals surface area contributed by atoms with Crippen LogP contribution in [0.2, 0.25) is 0 Å². The largest absolute Gasteiger partial charge is 0.421 e. The number of hydrogen-bond acceptors (Lipinski definition) is 5. The summed E-state index contributed by atoms with van der Waals surface area (Å²) in [6, 6.07) is 16.6. The van der Waals surface area contributed by atoms with Gasteiger partial charge in [-0.2, -0.15) is 5.26 Å². The first-order valence-corrected chi connectivity index (χ1v) is 8.72. The van der Waals surface area contributed by atoms with E-state index in [1.165, 1.54) is 4.57 Å². The van der Waals surface area contributed by atoms with Crippen LogP contribution in [-0.2, 0) is 11.5 Å². The van der Waals surface area contributed by atoms with Crippen LogP contribution in [0.25, 0.3) is 22.4 Å². The fourth-order valence-corrected chi connectivity index (χ4v) is 3.02. The van der Waals surface area contributed by atoms with E-state index in [0.29, 0.717) is 23.4 Å². The molecule has 0 aliphatic rings. The normalized spacial score (nSPS) is 10.6. The molecule has 0 saturated carbocycles. The van der Waals surface area contributed by atoms with Crippen molar-refractivity contribution < 1.29 is 9.94 Å². The molecule has 3 rings (SSSR count). The van der Waals surface area contributed by atoms with Crippen LogP contribution in [0.15, 0.2) is 58.1 Å². The number of benzene rings is 2. The van der Waals surface area contributed by atoms with Crippen molar-refractivity contribution in [1.29, 1.82) is 5.26 Å². The minimum atomic E-state index is -0.858. The maximum atomic E-state index is 12.4. The van der Waals surface area contributed by atoms with Gasteiger partial charge in [-0.1, -0.05) is 35.1 Å². The summed E-state index contributed by atoms with van der Waals surface area (Å²) in [6.07, 6.45) is 0. The van der Waals surface area contributed by atoms with Gasteiger partial charge in [0, 0.05) is 12.2 Å². The van der Waals surface area contributed by atoms with Crippen LogP contribution < -0.4 is 11.2 Å². The van der Waals surface area contributed by atoms with Crippen molar-refractivity contribution >= 4 is 0 Å². The van der Waals surface area contributed by atoms with Gasteiger partial charge in [-0.15, -0.1) is 0 Å². The Bertz CT molecular complexity index is 1170. The predicted molar refractivity (Wildman–Crippen MR) is 104 cm³/mol. The molecule has 1 N–H and O–H groups in total. The van der Waals surface area contributed by atoms with Gasteiger partial charge < -0.3 is 9.94 Å². The quantitative estimate of drug-likeness (QED) is 0.690. The van der Waals surface area contributed by atoms with E-state index in [0.717, 1.165) is 11.1 Å². The smallest absolute Gasteiger partial charge is 0.366 e. The summed E-state index contributed by atoms with van der Waals surface area (Å²) in [5.41, 5.74) is 1.97. The van der Waals surface area contributed by atoms with E-state index < -0.39 is 11.2 Å². The Morgan fingerprint density at radius 3 is 2.39 bits per heavy atom. The molecule has 2 aromatic carbocycles. The van der Waals surface area contributed by atoms with Crippen LogP contribution in [0.4, 0.5) is 0 Å². The van der Waals surface area contributed by atoms with E-state index >= 15 is 0 Å². The molecule has 0 spiro atoms. The number of aromatic nitrogens is 2. The summed E-state index contributed by atoms with van der Waals surface area (Å²) in [5.74, 6) is 0. The minimum Gasteiger partial charge on any atom is -0.421 e. The molecule has 1 aromatic heterocycles. The molecule has 0 aliphatic heterocycles. The van der Waals surface area contributed by atoms with Gasteiger partial charge in [0.25, 0.3) is 5.56 Å². The lowest BCUT2D eigenvalue weighted by Gasteiger charge is -2.16. The van der Waals surface area contributed by atoms with Crippen molar-refractivity contribution in [1.82, 2.24) is 9.30 Å². The monoisotopic (exact) mass is 377 g/mol. The fraction of sp³-hybridized carbons (Fsp3) is 0.190. The average Bonchev–Trinajstić information content (AvgIpc) is 2.74. The van der Waals surface area contributed by atoms with Crippen LogP contribution in [0.3, 0.4) is 0 Å². The molecule has 0 bridgehead atoms. The lowest BCUT2D eigenvalue weighted by atomic mass is 9.99. The first-order chi connectivity index (χ1) is 13.5. The summed E-state index contributed by atoms with van der Waals surface area (Å²) < 4.78 is 6.69. The summed E-state index contributed by atoms with van der Waals surface area (Å²) >= 11 is 0. The van der Waals surface area contributed by atoms with Gasteiger partial charge in [-0.05, 0) is 48.7 Å². The maximum Gasteiger partial charge on any atom is 0.366 e. The third-order valence-corrected chi connectivity index (χ3v) is 4.46. The summed E-state index contributed by atoms with van der Waals surface area (Å²) in [5, 5.41) is 18.8. The van der Waals surface area contributed by atoms with Crippen molar-refractivity contribution in [3.63, 3.8) is 0 Å². The second-order valence-corrected chi connectivity index (χ2v) is 6.19. The van der Waals surface area contributed by atoms with Crippen molar-refractivity contribution in [2.24, 2.45) is 0 Å². The van der Waals surface area contributed by atoms with E-state index in [4.69, 9.17) is 10.00 Å². The Labute approximate surface area is 161 Å². The fourth-order valence-electron chi connectivity index (χ4n) is 3.02. The van der Waals surface area contributed by atoms with Crippen LogP contribution in [0, 0.1) is 18.3 Å². The lowest BCUT2D eigenvalue weighted by Crippen LogP contribution is -2.41. The van der Waals surface area contributed by atoms with Gasteiger partial charge in [-0.3, -0.25) is 9.36 Å². The van der Waals surface area contributed by atoms with Crippen molar-refractivity contribution in [2.45, 2.75) is 20.6 Å². The van der Waals surface area contributed by atoms with E-state index in [1.54, 1.807) is 32.0 Å². The molecule has 0 aliphatic carbocycles. The van der Waals surface area contributed by atoms with Gasteiger partial charge in [0.1, 0.15) is 6.73 Å². The number of nitrogens with zero attached hydrogens (tertiary/aromatic N) is 3. The Hall–Kier alpha value is -3.63. The Kier molecular flexibility index (Phi) is 5.43. The Morgan fingerprint density at radius 1 is 1.07 bits per heavy atom. The highest BCUT2D eigenvalue weighted by Crippen LogP contribution is 2.27. The van der Waals surface area contributed by atoms with Crippen molar-refractivity contribution in [3.05, 3.63) is 80.5 Å². The topological polar surface area (TPSA) is 97.2 Å². The molecule has 7 nitrogen and oxygen atoms in total. The number of hydrogen-bond donors (Lipinski definition) is 1. The van der Waals surface area contributed by atoms with Gasteiger partial charge in [0.2, 0.25) is 0 Å². The third-order valence-electron chi connectivity index (χ3n) is 4.46. The zero-order chi connectivity index (χ0) is 20.3. The average molecular weight is 377 g/mol. The zero-order valence-electron chi connectivity index (χ0n) is 15.5. The zero-order valence-corrected chi connectivity index (χ0v) is 15.5. The standard InChI is InChI=1S/C21H19N3O4/c1-3-28-13-23-19(14(2)20(25)24(27)21(23)26)18-6-4-5-17(11-18)16-9-7-15(12-22)8-10-16/h4-11,27H,3,13H2,1-2H3. The minimum absolute atomic E-state index is 0.0898. The number of nitriles is 1. The molecule has 3 aromatic rings. The highest BCUT2D eigenvalue weighted by atomic mass is 16.5. The van der Waals surface area contributed by atoms with E-state index in [-0.39, 0.29) is 17.0 Å². The summed E-state index contributed by atoms with van der Waals surface area (Å²) in [7, 11) is 0. The Balaban J connectivity index is 2.20. The van der Waals surface area contributed by atoms with Crippen LogP contribution >= 0.6 is 0 Å². The molecule has 0 radical (unpaired) electrons. The highest BCUT2D eigenvalue weighted by Gasteiger charge is 2.18. The molecular formula is C21H19N3O4. The van der Waals surface area contributed by atoms with E-state index in [1.807, 2.05) is 30.3 Å². The molecular weight excluding hydrogens is 358 g/mol. The Morgan fingerprint density at radius 2 is 1.75 bits per heavy atom. The molecule has 0 unspecified atom stereocenters. The third kappa shape index (κ3) is 3.46. The molecule has 0 saturated heterocycles. The second-order valence-electron chi connectivity index (χ2n) is 6.19. The van der Waals surface area contributed by atoms with Crippen molar-refractivity contribution in [3.8, 4) is 28.5 Å². The second kappa shape index (κ2) is 7.94. The first kappa shape index (κ1) is 19.1. The molecule has 0 atom stereocenters. The van der Waals surface area contributed by atoms with Crippen molar-refractivity contribution in [2.75, 3.05) is 6.61 Å². The molecule has 0 fully saturated rings. The highest BCUT2D eigenvalue weighted by molar-refractivity contribution is 5.73. The molecule has 0 amide bonds. The van der Waals surface area contributed by atoms with Gasteiger partial charge in [-0.25, -0.2) is 4.79 Å². The number of ether oxygens (including phenoxy) is 1. The molecule has 142 valence electrons. The van der Waals surface area contributed by atoms with Gasteiger partial charge in [0.15, 0.2) is 0 Å².